The Morgan fingerprint density at radius 1 is 1.14 bits per heavy atom. The molecule has 0 radical (unpaired) electrons. The molecular weight excluding hydrogens is 478 g/mol. The average Bonchev–Trinajstić information content (AvgIpc) is 3.11. The molecule has 4 atom stereocenters. The molecule has 1 fully saturated rings. The second-order valence-electron chi connectivity index (χ2n) is 9.99. The number of aliphatic carboxylic acids is 1. The highest BCUT2D eigenvalue weighted by Gasteiger charge is 2.56. The van der Waals surface area contributed by atoms with Crippen LogP contribution in [0.3, 0.4) is 0 Å². The molecule has 0 bridgehead atoms. The molecule has 1 heterocycles. The number of aromatic hydroxyl groups is 1. The minimum atomic E-state index is -0.997. The molecule has 0 aromatic heterocycles. The highest BCUT2D eigenvalue weighted by atomic mass is 16.5. The Kier molecular flexibility index (Phi) is 6.09. The number of Topliss-reactive ketones (excluding diaryl/α,β-unsaturated/α-hetero) is 1. The first-order valence-corrected chi connectivity index (χ1v) is 12.3. The summed E-state index contributed by atoms with van der Waals surface area (Å²) in [6, 6.07) is 4.77. The number of imide groups is 1. The molecule has 0 unspecified atom stereocenters. The van der Waals surface area contributed by atoms with Gasteiger partial charge in [0.25, 0.3) is 0 Å². The van der Waals surface area contributed by atoms with Gasteiger partial charge in [-0.2, -0.15) is 0 Å². The van der Waals surface area contributed by atoms with Gasteiger partial charge in [-0.1, -0.05) is 17.7 Å². The fourth-order valence-corrected chi connectivity index (χ4v) is 6.29. The van der Waals surface area contributed by atoms with Crippen LogP contribution in [0.4, 0.5) is 0 Å². The summed E-state index contributed by atoms with van der Waals surface area (Å²) in [7, 11) is 1.42. The lowest BCUT2D eigenvalue weighted by atomic mass is 9.59. The lowest BCUT2D eigenvalue weighted by molar-refractivity contribution is -0.142. The molecule has 0 saturated carbocycles. The molecule has 4 aliphatic rings. The third kappa shape index (κ3) is 3.89. The fourth-order valence-electron chi connectivity index (χ4n) is 6.29. The lowest BCUT2D eigenvalue weighted by Crippen LogP contribution is -2.40. The predicted molar refractivity (Wildman–Crippen MR) is 130 cm³/mol. The van der Waals surface area contributed by atoms with Crippen LogP contribution in [0, 0.1) is 17.8 Å². The number of ether oxygens (including phenoxy) is 1. The van der Waals surface area contributed by atoms with Crippen LogP contribution in [0.15, 0.2) is 52.6 Å². The quantitative estimate of drug-likeness (QED) is 0.342. The molecule has 1 aliphatic heterocycles. The van der Waals surface area contributed by atoms with E-state index < -0.39 is 29.6 Å². The number of phenols is 1. The van der Waals surface area contributed by atoms with Gasteiger partial charge in [-0.3, -0.25) is 28.9 Å². The highest BCUT2D eigenvalue weighted by Crippen LogP contribution is 2.55. The number of fused-ring (bicyclic) bond motifs is 3. The van der Waals surface area contributed by atoms with Crippen molar-refractivity contribution >= 4 is 29.4 Å². The Morgan fingerprint density at radius 3 is 2.59 bits per heavy atom. The third-order valence-corrected chi connectivity index (χ3v) is 7.97. The number of benzene rings is 1. The van der Waals surface area contributed by atoms with Gasteiger partial charge in [0.2, 0.25) is 11.8 Å². The van der Waals surface area contributed by atoms with Crippen molar-refractivity contribution in [2.75, 3.05) is 13.7 Å². The number of hydrogen-bond acceptors (Lipinski definition) is 7. The van der Waals surface area contributed by atoms with Gasteiger partial charge in [0, 0.05) is 35.6 Å². The minimum Gasteiger partial charge on any atom is -0.504 e. The van der Waals surface area contributed by atoms with E-state index in [1.54, 1.807) is 19.1 Å². The van der Waals surface area contributed by atoms with Crippen LogP contribution in [0.25, 0.3) is 0 Å². The first kappa shape index (κ1) is 24.7. The van der Waals surface area contributed by atoms with E-state index in [-0.39, 0.29) is 60.7 Å². The van der Waals surface area contributed by atoms with E-state index in [9.17, 15) is 29.1 Å². The van der Waals surface area contributed by atoms with E-state index in [1.165, 1.54) is 19.3 Å². The molecule has 3 aliphatic carbocycles. The number of carbonyl (C=O) groups excluding carboxylic acids is 4. The summed E-state index contributed by atoms with van der Waals surface area (Å²) < 4.78 is 5.29. The summed E-state index contributed by atoms with van der Waals surface area (Å²) in [6.45, 7) is 1.63. The number of carboxylic acids is 1. The number of phenolic OH excluding ortho intramolecular Hbond substituents is 1. The van der Waals surface area contributed by atoms with Gasteiger partial charge >= 0.3 is 5.97 Å². The van der Waals surface area contributed by atoms with Crippen molar-refractivity contribution in [3.05, 3.63) is 58.2 Å². The zero-order valence-corrected chi connectivity index (χ0v) is 20.5. The first-order chi connectivity index (χ1) is 17.6. The topological polar surface area (TPSA) is 138 Å². The van der Waals surface area contributed by atoms with Crippen LogP contribution < -0.4 is 4.74 Å². The van der Waals surface area contributed by atoms with Crippen LogP contribution in [-0.4, -0.2) is 58.1 Å². The number of nitrogens with zero attached hydrogens (tertiary/aromatic N) is 1. The van der Waals surface area contributed by atoms with Crippen molar-refractivity contribution in [2.24, 2.45) is 17.8 Å². The molecule has 2 N–H and O–H groups in total. The number of rotatable bonds is 6. The van der Waals surface area contributed by atoms with Gasteiger partial charge in [0.1, 0.15) is 0 Å². The van der Waals surface area contributed by atoms with Gasteiger partial charge in [0.05, 0.1) is 18.9 Å². The maximum atomic E-state index is 13.5. The Hall–Kier alpha value is -4.01. The molecule has 5 rings (SSSR count). The second-order valence-corrected chi connectivity index (χ2v) is 9.99. The van der Waals surface area contributed by atoms with Crippen molar-refractivity contribution in [3.8, 4) is 11.5 Å². The van der Waals surface area contributed by atoms with E-state index in [1.807, 2.05) is 6.08 Å². The normalized spacial score (nSPS) is 26.9. The molecular formula is C28H27NO8. The van der Waals surface area contributed by atoms with E-state index >= 15 is 0 Å². The van der Waals surface area contributed by atoms with Crippen LogP contribution in [-0.2, 0) is 24.0 Å². The number of hydrogen-bond donors (Lipinski definition) is 2. The van der Waals surface area contributed by atoms with Crippen molar-refractivity contribution < 1.29 is 38.9 Å². The number of ketones is 2. The van der Waals surface area contributed by atoms with Gasteiger partial charge < -0.3 is 14.9 Å². The Labute approximate surface area is 213 Å². The maximum Gasteiger partial charge on any atom is 0.303 e. The number of carbonyl (C=O) groups is 5. The predicted octanol–water partition coefficient (Wildman–Crippen LogP) is 2.70. The Morgan fingerprint density at radius 2 is 1.89 bits per heavy atom. The molecule has 1 aromatic rings. The molecule has 37 heavy (non-hydrogen) atoms. The summed E-state index contributed by atoms with van der Waals surface area (Å²) in [4.78, 5) is 65.3. The Balaban J connectivity index is 1.59. The van der Waals surface area contributed by atoms with E-state index in [2.05, 4.69) is 0 Å². The number of carboxylic acid groups (broad SMARTS) is 1. The molecule has 192 valence electrons. The molecule has 1 saturated heterocycles. The fraction of sp³-hybridized carbons (Fsp3) is 0.393. The standard InChI is InChI=1S/C28H27NO8/c1-13-10-20(31)18-12-17-15(23(25(18)26(13)34)14-5-8-19(30)21(11-14)37-2)6-7-16-24(17)28(36)29(27(16)35)9-3-4-22(32)33/h5-6,8,10-11,16-17,23-24,30H,3-4,7,9,12H2,1-2H3,(H,32,33)/t16-,17+,23-,24-/m0/s1. The van der Waals surface area contributed by atoms with Crippen molar-refractivity contribution in [3.63, 3.8) is 0 Å². The third-order valence-electron chi connectivity index (χ3n) is 7.97. The summed E-state index contributed by atoms with van der Waals surface area (Å²) in [5.74, 6) is -4.42. The van der Waals surface area contributed by atoms with Crippen LogP contribution in [0.2, 0.25) is 0 Å². The largest absolute Gasteiger partial charge is 0.504 e. The summed E-state index contributed by atoms with van der Waals surface area (Å²) in [6.07, 6.45) is 3.73. The average molecular weight is 506 g/mol. The number of likely N-dealkylation sites (tertiary alicyclic amines) is 1. The van der Waals surface area contributed by atoms with Gasteiger partial charge in [0.15, 0.2) is 23.1 Å². The van der Waals surface area contributed by atoms with Crippen molar-refractivity contribution in [1.29, 1.82) is 0 Å². The maximum absolute atomic E-state index is 13.5. The number of methoxy groups -OCH3 is 1. The van der Waals surface area contributed by atoms with Crippen LogP contribution in [0.1, 0.15) is 44.1 Å². The van der Waals surface area contributed by atoms with Crippen molar-refractivity contribution in [2.45, 2.75) is 38.5 Å². The molecule has 9 heteroatoms. The zero-order valence-electron chi connectivity index (χ0n) is 20.5. The van der Waals surface area contributed by atoms with Crippen LogP contribution >= 0.6 is 0 Å². The second kappa shape index (κ2) is 9.14. The monoisotopic (exact) mass is 505 g/mol. The molecule has 0 spiro atoms. The smallest absolute Gasteiger partial charge is 0.303 e. The Bertz CT molecular complexity index is 1350. The summed E-state index contributed by atoms with van der Waals surface area (Å²) in [5.41, 5.74) is 2.50. The number of amides is 2. The summed E-state index contributed by atoms with van der Waals surface area (Å²) in [5, 5.41) is 19.1. The van der Waals surface area contributed by atoms with E-state index in [0.717, 1.165) is 10.5 Å². The van der Waals surface area contributed by atoms with Gasteiger partial charge in [-0.25, -0.2) is 0 Å². The zero-order chi connectivity index (χ0) is 26.6. The van der Waals surface area contributed by atoms with Gasteiger partial charge in [-0.05, 0) is 55.9 Å². The van der Waals surface area contributed by atoms with Gasteiger partial charge in [-0.15, -0.1) is 0 Å². The summed E-state index contributed by atoms with van der Waals surface area (Å²) >= 11 is 0. The first-order valence-electron chi connectivity index (χ1n) is 12.3. The van der Waals surface area contributed by atoms with E-state index in [4.69, 9.17) is 9.84 Å². The number of allylic oxidation sites excluding steroid dienone is 6. The SMILES string of the molecule is COc1cc([C@H]2C3=CC[C@@H]4C(=O)N(CCCC(=O)O)C(=O)[C@@H]4[C@@H]3CC3=C2C(=O)C(C)=CC3=O)ccc1O. The van der Waals surface area contributed by atoms with E-state index in [0.29, 0.717) is 28.7 Å². The molecule has 2 amide bonds. The van der Waals surface area contributed by atoms with Crippen molar-refractivity contribution in [1.82, 2.24) is 4.90 Å². The molecule has 9 nitrogen and oxygen atoms in total. The molecule has 1 aromatic carbocycles. The van der Waals surface area contributed by atoms with Crippen LogP contribution in [0.5, 0.6) is 11.5 Å². The minimum absolute atomic E-state index is 0.0326. The highest BCUT2D eigenvalue weighted by molar-refractivity contribution is 6.23. The lowest BCUT2D eigenvalue weighted by Gasteiger charge is -2.42.